The fourth-order valence-corrected chi connectivity index (χ4v) is 3.62. The van der Waals surface area contributed by atoms with E-state index in [1.54, 1.807) is 0 Å². The van der Waals surface area contributed by atoms with Crippen LogP contribution >= 0.6 is 0 Å². The Kier molecular flexibility index (Phi) is 1.61. The molecule has 2 aliphatic rings. The molecule has 2 heterocycles. The smallest absolute Gasteiger partial charge is 0.105 e. The lowest BCUT2D eigenvalue weighted by Gasteiger charge is -2.23. The topological polar surface area (TPSA) is 0 Å². The van der Waals surface area contributed by atoms with Gasteiger partial charge in [-0.2, -0.15) is 0 Å². The molecule has 0 N–H and O–H groups in total. The summed E-state index contributed by atoms with van der Waals surface area (Å²) in [6.45, 7) is 0.441. The molecule has 19 heavy (non-hydrogen) atoms. The number of benzene rings is 3. The van der Waals surface area contributed by atoms with Gasteiger partial charge in [-0.1, -0.05) is 54.0 Å². The van der Waals surface area contributed by atoms with E-state index in [0.29, 0.717) is 6.71 Å². The van der Waals surface area contributed by atoms with Crippen molar-refractivity contribution >= 4 is 45.9 Å². The molecule has 0 radical (unpaired) electrons. The highest BCUT2D eigenvalue weighted by molar-refractivity contribution is 6.88. The highest BCUT2D eigenvalue weighted by atomic mass is 14.2. The molecule has 0 nitrogen and oxygen atoms in total. The molecule has 0 amide bonds. The van der Waals surface area contributed by atoms with Crippen molar-refractivity contribution < 1.29 is 0 Å². The first-order valence-electron chi connectivity index (χ1n) is 6.76. The van der Waals surface area contributed by atoms with Gasteiger partial charge in [-0.25, -0.2) is 0 Å². The van der Waals surface area contributed by atoms with Crippen LogP contribution in [0.15, 0.2) is 54.4 Å². The summed E-state index contributed by atoms with van der Waals surface area (Å²) >= 11 is 0. The van der Waals surface area contributed by atoms with Crippen molar-refractivity contribution in [1.82, 2.24) is 0 Å². The van der Waals surface area contributed by atoms with Gasteiger partial charge in [-0.15, -0.1) is 12.0 Å². The normalized spacial score (nSPS) is 14.8. The van der Waals surface area contributed by atoms with Crippen molar-refractivity contribution in [3.8, 4) is 0 Å². The predicted molar refractivity (Wildman–Crippen MR) is 84.9 cm³/mol. The molecule has 0 aliphatic carbocycles. The van der Waals surface area contributed by atoms with Crippen molar-refractivity contribution in [3.05, 3.63) is 65.5 Å². The van der Waals surface area contributed by atoms with E-state index in [0.717, 1.165) is 0 Å². The second-order valence-electron chi connectivity index (χ2n) is 5.42. The van der Waals surface area contributed by atoms with Gasteiger partial charge in [0.1, 0.15) is 0 Å². The Bertz CT molecular complexity index is 844. The largest absolute Gasteiger partial charge is 0.228 e. The second kappa shape index (κ2) is 3.18. The highest BCUT2D eigenvalue weighted by Gasteiger charge is 2.24. The van der Waals surface area contributed by atoms with Gasteiger partial charge in [0, 0.05) is 0 Å². The molecule has 1 heteroatoms. The van der Waals surface area contributed by atoms with Crippen molar-refractivity contribution in [3.63, 3.8) is 0 Å². The third kappa shape index (κ3) is 1.11. The Morgan fingerprint density at radius 2 is 1.26 bits per heavy atom. The summed E-state index contributed by atoms with van der Waals surface area (Å²) < 4.78 is 0. The lowest BCUT2D eigenvalue weighted by atomic mass is 9.40. The van der Waals surface area contributed by atoms with E-state index in [1.165, 1.54) is 38.1 Å². The standard InChI is InChI=1S/C18H11B/c1-3-12-7-9-19-10-8-13-4-2-6-15-11-14(5-1)16(12)18(19)17(13)15/h1-11H. The van der Waals surface area contributed by atoms with Crippen LogP contribution in [0.25, 0.3) is 33.7 Å². The summed E-state index contributed by atoms with van der Waals surface area (Å²) in [7, 11) is 0. The average molecular weight is 238 g/mol. The minimum Gasteiger partial charge on any atom is -0.105 e. The lowest BCUT2D eigenvalue weighted by molar-refractivity contribution is 1.71. The first-order valence-corrected chi connectivity index (χ1v) is 6.76. The molecule has 0 saturated carbocycles. The first kappa shape index (κ1) is 9.63. The molecule has 0 fully saturated rings. The van der Waals surface area contributed by atoms with Crippen LogP contribution in [0, 0.1) is 0 Å². The van der Waals surface area contributed by atoms with E-state index in [1.807, 2.05) is 0 Å². The van der Waals surface area contributed by atoms with Crippen LogP contribution < -0.4 is 5.46 Å². The molecule has 0 bridgehead atoms. The number of rotatable bonds is 0. The van der Waals surface area contributed by atoms with Crippen molar-refractivity contribution in [1.29, 1.82) is 0 Å². The molecule has 2 aliphatic heterocycles. The SMILES string of the molecule is C1=Cc2cccc3cc4cccc5c4c(c23)B1C=C5. The quantitative estimate of drug-likeness (QED) is 0.412. The lowest BCUT2D eigenvalue weighted by Crippen LogP contribution is -2.32. The van der Waals surface area contributed by atoms with Gasteiger partial charge >= 0.3 is 0 Å². The van der Waals surface area contributed by atoms with Gasteiger partial charge in [-0.3, -0.25) is 0 Å². The van der Waals surface area contributed by atoms with Gasteiger partial charge < -0.3 is 0 Å². The Morgan fingerprint density at radius 1 is 0.684 bits per heavy atom. The van der Waals surface area contributed by atoms with E-state index in [2.05, 4.69) is 66.6 Å². The van der Waals surface area contributed by atoms with Gasteiger partial charge in [-0.05, 0) is 38.7 Å². The van der Waals surface area contributed by atoms with Crippen LogP contribution in [0.2, 0.25) is 0 Å². The van der Waals surface area contributed by atoms with Crippen molar-refractivity contribution in [2.45, 2.75) is 0 Å². The maximum Gasteiger partial charge on any atom is 0.228 e. The number of hydrogen-bond acceptors (Lipinski definition) is 0. The Labute approximate surface area is 112 Å². The van der Waals surface area contributed by atoms with Crippen LogP contribution in [0.5, 0.6) is 0 Å². The molecule has 86 valence electrons. The summed E-state index contributed by atoms with van der Waals surface area (Å²) in [5, 5.41) is 5.61. The summed E-state index contributed by atoms with van der Waals surface area (Å²) in [6, 6.07) is 15.5. The van der Waals surface area contributed by atoms with Crippen LogP contribution in [0.4, 0.5) is 0 Å². The van der Waals surface area contributed by atoms with Crippen LogP contribution in [0.3, 0.4) is 0 Å². The zero-order chi connectivity index (χ0) is 12.4. The molecular weight excluding hydrogens is 227 g/mol. The molecule has 0 spiro atoms. The zero-order valence-electron chi connectivity index (χ0n) is 10.4. The van der Waals surface area contributed by atoms with Gasteiger partial charge in [0.2, 0.25) is 6.71 Å². The van der Waals surface area contributed by atoms with Crippen molar-refractivity contribution in [2.24, 2.45) is 0 Å². The fourth-order valence-electron chi connectivity index (χ4n) is 3.62. The molecular formula is C18H11B. The van der Waals surface area contributed by atoms with Gasteiger partial charge in [0.05, 0.1) is 0 Å². The van der Waals surface area contributed by atoms with Crippen molar-refractivity contribution in [2.75, 3.05) is 0 Å². The molecule has 5 rings (SSSR count). The zero-order valence-corrected chi connectivity index (χ0v) is 10.4. The minimum absolute atomic E-state index is 0.441. The summed E-state index contributed by atoms with van der Waals surface area (Å²) in [5.41, 5.74) is 4.22. The maximum absolute atomic E-state index is 2.33. The Hall–Kier alpha value is -2.28. The Balaban J connectivity index is 2.17. The second-order valence-corrected chi connectivity index (χ2v) is 5.42. The third-order valence-corrected chi connectivity index (χ3v) is 4.41. The number of hydrogen-bond donors (Lipinski definition) is 0. The molecule has 0 atom stereocenters. The Morgan fingerprint density at radius 3 is 1.84 bits per heavy atom. The first-order chi connectivity index (χ1) is 9.42. The third-order valence-electron chi connectivity index (χ3n) is 4.41. The molecule has 3 aromatic carbocycles. The fraction of sp³-hybridized carbons (Fsp3) is 0. The average Bonchev–Trinajstić information content (AvgIpc) is 2.47. The molecule has 0 saturated heterocycles. The van der Waals surface area contributed by atoms with E-state index in [9.17, 15) is 0 Å². The predicted octanol–water partition coefficient (Wildman–Crippen LogP) is 3.83. The summed E-state index contributed by atoms with van der Waals surface area (Å²) in [5.74, 6) is 4.64. The van der Waals surface area contributed by atoms with E-state index >= 15 is 0 Å². The van der Waals surface area contributed by atoms with E-state index in [4.69, 9.17) is 0 Å². The van der Waals surface area contributed by atoms with E-state index in [-0.39, 0.29) is 0 Å². The van der Waals surface area contributed by atoms with Gasteiger partial charge in [0.25, 0.3) is 0 Å². The van der Waals surface area contributed by atoms with Crippen LogP contribution in [-0.2, 0) is 0 Å². The van der Waals surface area contributed by atoms with Crippen LogP contribution in [-0.4, -0.2) is 6.71 Å². The molecule has 3 aromatic rings. The monoisotopic (exact) mass is 238 g/mol. The van der Waals surface area contributed by atoms with E-state index < -0.39 is 0 Å². The van der Waals surface area contributed by atoms with Crippen LogP contribution in [0.1, 0.15) is 11.1 Å². The maximum atomic E-state index is 2.33. The minimum atomic E-state index is 0.441. The summed E-state index contributed by atoms with van der Waals surface area (Å²) in [6.07, 6.45) is 4.54. The summed E-state index contributed by atoms with van der Waals surface area (Å²) in [4.78, 5) is 0. The highest BCUT2D eigenvalue weighted by Crippen LogP contribution is 2.32. The van der Waals surface area contributed by atoms with Gasteiger partial charge in [0.15, 0.2) is 0 Å². The molecule has 0 unspecified atom stereocenters. The molecule has 0 aromatic heterocycles.